The highest BCUT2D eigenvalue weighted by atomic mass is 16.5. The van der Waals surface area contributed by atoms with Crippen LogP contribution in [0, 0.1) is 0 Å². The first-order valence-electron chi connectivity index (χ1n) is 7.12. The highest BCUT2D eigenvalue weighted by molar-refractivity contribution is 5.94. The number of hydrogen-bond donors (Lipinski definition) is 0. The molecule has 0 radical (unpaired) electrons. The molecular weight excluding hydrogens is 270 g/mol. The molecule has 5 heteroatoms. The van der Waals surface area contributed by atoms with Gasteiger partial charge in [0.05, 0.1) is 20.6 Å². The van der Waals surface area contributed by atoms with Gasteiger partial charge >= 0.3 is 5.97 Å². The van der Waals surface area contributed by atoms with Crippen LogP contribution < -0.4 is 4.74 Å². The number of nitrogens with zero attached hydrogens (tertiary/aromatic N) is 1. The van der Waals surface area contributed by atoms with E-state index in [1.807, 2.05) is 0 Å². The Balaban J connectivity index is 2.79. The summed E-state index contributed by atoms with van der Waals surface area (Å²) in [6.45, 7) is 3.06. The number of carbonyl (C=O) groups excluding carboxylic acids is 2. The molecule has 0 aliphatic carbocycles. The lowest BCUT2D eigenvalue weighted by Gasteiger charge is -2.22. The predicted molar refractivity (Wildman–Crippen MR) is 80.4 cm³/mol. The number of ether oxygens (including phenoxy) is 2. The fourth-order valence-electron chi connectivity index (χ4n) is 1.93. The Kier molecular flexibility index (Phi) is 7.29. The van der Waals surface area contributed by atoms with E-state index < -0.39 is 0 Å². The van der Waals surface area contributed by atoms with Crippen molar-refractivity contribution in [1.29, 1.82) is 0 Å². The summed E-state index contributed by atoms with van der Waals surface area (Å²) in [6, 6.07) is 7.04. The van der Waals surface area contributed by atoms with Gasteiger partial charge in [-0.25, -0.2) is 0 Å². The van der Waals surface area contributed by atoms with E-state index in [-0.39, 0.29) is 18.3 Å². The average molecular weight is 293 g/mol. The van der Waals surface area contributed by atoms with Gasteiger partial charge in [-0.05, 0) is 24.6 Å². The van der Waals surface area contributed by atoms with Gasteiger partial charge in [0.1, 0.15) is 5.75 Å². The second-order valence-corrected chi connectivity index (χ2v) is 4.70. The van der Waals surface area contributed by atoms with Crippen LogP contribution in [0.4, 0.5) is 0 Å². The second kappa shape index (κ2) is 9.00. The topological polar surface area (TPSA) is 55.8 Å². The molecule has 0 saturated carbocycles. The van der Waals surface area contributed by atoms with Crippen LogP contribution in [0.2, 0.25) is 0 Å². The van der Waals surface area contributed by atoms with Crippen LogP contribution in [0.3, 0.4) is 0 Å². The van der Waals surface area contributed by atoms with E-state index in [2.05, 4.69) is 11.7 Å². The van der Waals surface area contributed by atoms with Crippen molar-refractivity contribution in [2.45, 2.75) is 26.2 Å². The standard InChI is InChI=1S/C16H23NO4/c1-4-5-10-17(11-9-15(18)21-3)16(19)13-7-6-8-14(12-13)20-2/h6-8,12H,4-5,9-11H2,1-3H3. The van der Waals surface area contributed by atoms with E-state index >= 15 is 0 Å². The van der Waals surface area contributed by atoms with Gasteiger partial charge in [0.2, 0.25) is 0 Å². The minimum absolute atomic E-state index is 0.0914. The summed E-state index contributed by atoms with van der Waals surface area (Å²) in [5.74, 6) is 0.241. The molecule has 0 atom stereocenters. The maximum atomic E-state index is 12.5. The zero-order chi connectivity index (χ0) is 15.7. The summed E-state index contributed by atoms with van der Waals surface area (Å²) in [7, 11) is 2.91. The summed E-state index contributed by atoms with van der Waals surface area (Å²) in [5, 5.41) is 0. The second-order valence-electron chi connectivity index (χ2n) is 4.70. The van der Waals surface area contributed by atoms with E-state index in [0.29, 0.717) is 24.4 Å². The van der Waals surface area contributed by atoms with Gasteiger partial charge < -0.3 is 14.4 Å². The van der Waals surface area contributed by atoms with Gasteiger partial charge in [-0.2, -0.15) is 0 Å². The van der Waals surface area contributed by atoms with E-state index in [1.165, 1.54) is 7.11 Å². The molecule has 1 amide bonds. The number of rotatable bonds is 8. The van der Waals surface area contributed by atoms with Gasteiger partial charge in [0.15, 0.2) is 0 Å². The van der Waals surface area contributed by atoms with Crippen LogP contribution in [0.25, 0.3) is 0 Å². The first-order valence-corrected chi connectivity index (χ1v) is 7.12. The monoisotopic (exact) mass is 293 g/mol. The number of hydrogen-bond acceptors (Lipinski definition) is 4. The molecule has 1 rings (SSSR count). The van der Waals surface area contributed by atoms with Gasteiger partial charge in [0.25, 0.3) is 5.91 Å². The van der Waals surface area contributed by atoms with Crippen LogP contribution >= 0.6 is 0 Å². The van der Waals surface area contributed by atoms with Crippen LogP contribution in [0.5, 0.6) is 5.75 Å². The fourth-order valence-corrected chi connectivity index (χ4v) is 1.93. The van der Waals surface area contributed by atoms with Crippen molar-refractivity contribution in [3.63, 3.8) is 0 Å². The Morgan fingerprint density at radius 1 is 1.19 bits per heavy atom. The maximum Gasteiger partial charge on any atom is 0.307 e. The Morgan fingerprint density at radius 3 is 2.57 bits per heavy atom. The summed E-state index contributed by atoms with van der Waals surface area (Å²) in [4.78, 5) is 25.5. The molecule has 0 bridgehead atoms. The Morgan fingerprint density at radius 2 is 1.95 bits per heavy atom. The third-order valence-corrected chi connectivity index (χ3v) is 3.20. The molecule has 0 fully saturated rings. The number of esters is 1. The number of unbranched alkanes of at least 4 members (excludes halogenated alkanes) is 1. The molecule has 1 aromatic rings. The number of amides is 1. The molecule has 0 saturated heterocycles. The third kappa shape index (κ3) is 5.45. The van der Waals surface area contributed by atoms with Crippen molar-refractivity contribution in [2.24, 2.45) is 0 Å². The Hall–Kier alpha value is -2.04. The maximum absolute atomic E-state index is 12.5. The van der Waals surface area contributed by atoms with Crippen molar-refractivity contribution in [2.75, 3.05) is 27.3 Å². The lowest BCUT2D eigenvalue weighted by Crippen LogP contribution is -2.34. The smallest absolute Gasteiger partial charge is 0.307 e. The normalized spacial score (nSPS) is 10.0. The van der Waals surface area contributed by atoms with Gasteiger partial charge in [-0.3, -0.25) is 9.59 Å². The zero-order valence-electron chi connectivity index (χ0n) is 12.9. The molecule has 5 nitrogen and oxygen atoms in total. The zero-order valence-corrected chi connectivity index (χ0v) is 12.9. The molecule has 1 aromatic carbocycles. The van der Waals surface area contributed by atoms with Gasteiger partial charge in [-0.15, -0.1) is 0 Å². The molecule has 21 heavy (non-hydrogen) atoms. The SMILES string of the molecule is CCCCN(CCC(=O)OC)C(=O)c1cccc(OC)c1. The molecule has 0 aromatic heterocycles. The molecule has 0 aliphatic heterocycles. The van der Waals surface area contributed by atoms with E-state index in [4.69, 9.17) is 4.74 Å². The number of carbonyl (C=O) groups is 2. The van der Waals surface area contributed by atoms with Crippen molar-refractivity contribution in [1.82, 2.24) is 4.90 Å². The predicted octanol–water partition coefficient (Wildman–Crippen LogP) is 2.50. The number of benzene rings is 1. The van der Waals surface area contributed by atoms with Crippen molar-refractivity contribution in [3.8, 4) is 5.75 Å². The third-order valence-electron chi connectivity index (χ3n) is 3.20. The lowest BCUT2D eigenvalue weighted by molar-refractivity contribution is -0.140. The molecule has 0 unspecified atom stereocenters. The first-order chi connectivity index (χ1) is 10.1. The fraction of sp³-hybridized carbons (Fsp3) is 0.500. The highest BCUT2D eigenvalue weighted by Gasteiger charge is 2.17. The molecule has 116 valence electrons. The quantitative estimate of drug-likeness (QED) is 0.691. The molecule has 0 N–H and O–H groups in total. The van der Waals surface area contributed by atoms with Crippen molar-refractivity contribution < 1.29 is 19.1 Å². The minimum atomic E-state index is -0.310. The molecule has 0 heterocycles. The first kappa shape index (κ1) is 17.0. The Bertz CT molecular complexity index is 473. The number of methoxy groups -OCH3 is 2. The van der Waals surface area contributed by atoms with Crippen LogP contribution in [0.1, 0.15) is 36.5 Å². The van der Waals surface area contributed by atoms with Crippen LogP contribution in [-0.4, -0.2) is 44.1 Å². The van der Waals surface area contributed by atoms with Crippen LogP contribution in [0.15, 0.2) is 24.3 Å². The van der Waals surface area contributed by atoms with Crippen molar-refractivity contribution in [3.05, 3.63) is 29.8 Å². The van der Waals surface area contributed by atoms with Gasteiger partial charge in [0, 0.05) is 18.7 Å². The van der Waals surface area contributed by atoms with Crippen LogP contribution in [-0.2, 0) is 9.53 Å². The average Bonchev–Trinajstić information content (AvgIpc) is 2.54. The van der Waals surface area contributed by atoms with E-state index in [9.17, 15) is 9.59 Å². The van der Waals surface area contributed by atoms with E-state index in [1.54, 1.807) is 36.3 Å². The summed E-state index contributed by atoms with van der Waals surface area (Å²) >= 11 is 0. The summed E-state index contributed by atoms with van der Waals surface area (Å²) in [6.07, 6.45) is 2.09. The largest absolute Gasteiger partial charge is 0.497 e. The lowest BCUT2D eigenvalue weighted by atomic mass is 10.1. The minimum Gasteiger partial charge on any atom is -0.497 e. The van der Waals surface area contributed by atoms with Crippen molar-refractivity contribution >= 4 is 11.9 Å². The Labute approximate surface area is 125 Å². The van der Waals surface area contributed by atoms with Gasteiger partial charge in [-0.1, -0.05) is 19.4 Å². The van der Waals surface area contributed by atoms with E-state index in [0.717, 1.165) is 12.8 Å². The summed E-state index contributed by atoms with van der Waals surface area (Å²) < 4.78 is 9.77. The summed E-state index contributed by atoms with van der Waals surface area (Å²) in [5.41, 5.74) is 0.565. The molecule has 0 spiro atoms. The molecule has 0 aliphatic rings. The molecular formula is C16H23NO4. The highest BCUT2D eigenvalue weighted by Crippen LogP contribution is 2.15.